The van der Waals surface area contributed by atoms with Crippen LogP contribution >= 0.6 is 0 Å². The van der Waals surface area contributed by atoms with E-state index in [2.05, 4.69) is 67.0 Å². The highest BCUT2D eigenvalue weighted by Gasteiger charge is 2.16. The maximum atomic E-state index is 10.4. The van der Waals surface area contributed by atoms with Crippen LogP contribution in [0.4, 0.5) is 0 Å². The molecular weight excluding hydrogens is 406 g/mol. The highest BCUT2D eigenvalue weighted by atomic mass is 32.2. The fourth-order valence-corrected chi connectivity index (χ4v) is 4.21. The summed E-state index contributed by atoms with van der Waals surface area (Å²) >= 11 is 0. The second kappa shape index (κ2) is 10.5. The van der Waals surface area contributed by atoms with Gasteiger partial charge in [0.25, 0.3) is 0 Å². The van der Waals surface area contributed by atoms with E-state index in [-0.39, 0.29) is 4.90 Å². The van der Waals surface area contributed by atoms with Crippen LogP contribution in [0.2, 0.25) is 0 Å². The smallest absolute Gasteiger partial charge is 0.124 e. The summed E-state index contributed by atoms with van der Waals surface area (Å²) in [5.74, 6) is 0. The molecule has 4 rings (SSSR count). The molecule has 0 amide bonds. The lowest BCUT2D eigenvalue weighted by Crippen LogP contribution is -2.79. The topological polar surface area (TPSA) is 73.8 Å². The number of rotatable bonds is 4. The summed E-state index contributed by atoms with van der Waals surface area (Å²) in [7, 11) is -2.14. The summed E-state index contributed by atoms with van der Waals surface area (Å²) in [6.45, 7) is 2.97. The molecule has 0 radical (unpaired) electrons. The normalized spacial score (nSPS) is 12.7. The highest BCUT2D eigenvalue weighted by Crippen LogP contribution is 2.33. The van der Waals surface area contributed by atoms with Crippen molar-refractivity contribution in [1.82, 2.24) is 0 Å². The van der Waals surface area contributed by atoms with Crippen molar-refractivity contribution < 1.29 is 18.3 Å². The fraction of sp³-hybridized carbons (Fsp3) is 0.231. The minimum absolute atomic E-state index is 0.178. The number of nitrogens with two attached hydrogens (primary N) is 1. The summed E-state index contributed by atoms with van der Waals surface area (Å²) < 4.78 is 31.2. The van der Waals surface area contributed by atoms with Crippen molar-refractivity contribution in [3.05, 3.63) is 107 Å². The summed E-state index contributed by atoms with van der Waals surface area (Å²) in [5.41, 5.74) is 8.17. The molecule has 0 heterocycles. The Labute approximate surface area is 185 Å². The molecule has 0 aromatic heterocycles. The van der Waals surface area contributed by atoms with Crippen molar-refractivity contribution in [2.45, 2.75) is 31.1 Å². The average Bonchev–Trinajstić information content (AvgIpc) is 2.91. The quantitative estimate of drug-likeness (QED) is 0.502. The minimum atomic E-state index is -4.27. The van der Waals surface area contributed by atoms with E-state index >= 15 is 0 Å². The Morgan fingerprint density at radius 1 is 0.871 bits per heavy atom. The molecule has 162 valence electrons. The van der Waals surface area contributed by atoms with E-state index in [9.17, 15) is 13.0 Å². The molecule has 1 aliphatic carbocycles. The van der Waals surface area contributed by atoms with Gasteiger partial charge in [0.15, 0.2) is 0 Å². The molecule has 4 nitrogen and oxygen atoms in total. The van der Waals surface area contributed by atoms with Crippen molar-refractivity contribution >= 4 is 15.7 Å². The molecule has 0 unspecified atom stereocenters. The predicted octanol–water partition coefficient (Wildman–Crippen LogP) is 3.70. The van der Waals surface area contributed by atoms with Gasteiger partial charge in [0.05, 0.1) is 18.5 Å². The van der Waals surface area contributed by atoms with Crippen molar-refractivity contribution in [1.29, 1.82) is 0 Å². The van der Waals surface area contributed by atoms with E-state index in [4.69, 9.17) is 0 Å². The molecule has 31 heavy (non-hydrogen) atoms. The van der Waals surface area contributed by atoms with Gasteiger partial charge < -0.3 is 9.87 Å². The molecule has 0 aliphatic heterocycles. The molecule has 5 heteroatoms. The molecule has 0 atom stereocenters. The van der Waals surface area contributed by atoms with Gasteiger partial charge in [-0.15, -0.1) is 0 Å². The van der Waals surface area contributed by atoms with E-state index in [1.54, 1.807) is 12.1 Å². The summed E-state index contributed by atoms with van der Waals surface area (Å²) in [5, 5.41) is 2.24. The zero-order valence-corrected chi connectivity index (χ0v) is 18.9. The standard InChI is InChI=1S/C19H21N.C7H8O3S/c1-20-14-6-11-19-17-9-4-2-7-15(17)12-13-16-8-3-5-10-18(16)19;1-6-2-4-7(5-3-6)11(8,9)10/h2-5,7-11,20H,6,12-14H2,1H3;2-5H,1H3,(H,8,9,10). The Morgan fingerprint density at radius 3 is 1.87 bits per heavy atom. The third-order valence-corrected chi connectivity index (χ3v) is 6.24. The zero-order valence-electron chi connectivity index (χ0n) is 18.0. The number of quaternary nitrogens is 1. The number of hydrogen-bond donors (Lipinski definition) is 1. The van der Waals surface area contributed by atoms with E-state index in [0.29, 0.717) is 0 Å². The molecule has 0 saturated heterocycles. The molecule has 2 N–H and O–H groups in total. The Kier molecular flexibility index (Phi) is 7.80. The maximum absolute atomic E-state index is 10.4. The second-order valence-corrected chi connectivity index (χ2v) is 9.06. The van der Waals surface area contributed by atoms with Crippen LogP contribution in [-0.4, -0.2) is 26.6 Å². The second-order valence-electron chi connectivity index (χ2n) is 7.68. The summed E-state index contributed by atoms with van der Waals surface area (Å²) in [6.07, 6.45) is 5.83. The molecule has 3 aromatic rings. The van der Waals surface area contributed by atoms with Crippen molar-refractivity contribution in [3.8, 4) is 0 Å². The third kappa shape index (κ3) is 6.14. The van der Waals surface area contributed by atoms with Crippen LogP contribution in [0, 0.1) is 6.92 Å². The average molecular weight is 436 g/mol. The fourth-order valence-electron chi connectivity index (χ4n) is 3.74. The van der Waals surface area contributed by atoms with Gasteiger partial charge in [-0.25, -0.2) is 8.42 Å². The lowest BCUT2D eigenvalue weighted by Gasteiger charge is -2.11. The predicted molar refractivity (Wildman–Crippen MR) is 124 cm³/mol. The SMILES string of the molecule is C[NH2+]CCC=C1c2ccccc2CCc2ccccc21.Cc1ccc(S(=O)(=O)[O-])cc1. The molecule has 0 bridgehead atoms. The first-order valence-corrected chi connectivity index (χ1v) is 12.0. The van der Waals surface area contributed by atoms with Crippen LogP contribution in [0.3, 0.4) is 0 Å². The first-order chi connectivity index (χ1) is 14.9. The number of hydrogen-bond acceptors (Lipinski definition) is 3. The number of fused-ring (bicyclic) bond motifs is 2. The van der Waals surface area contributed by atoms with Gasteiger partial charge in [-0.05, 0) is 59.7 Å². The molecule has 0 spiro atoms. The zero-order chi connectivity index (χ0) is 22.3. The Morgan fingerprint density at radius 2 is 1.39 bits per heavy atom. The molecule has 1 aliphatic rings. The van der Waals surface area contributed by atoms with Crippen molar-refractivity contribution in [3.63, 3.8) is 0 Å². The number of aryl methyl sites for hydroxylation is 3. The van der Waals surface area contributed by atoms with Gasteiger partial charge in [-0.2, -0.15) is 0 Å². The van der Waals surface area contributed by atoms with Crippen LogP contribution in [0.15, 0.2) is 83.8 Å². The largest absolute Gasteiger partial charge is 0.744 e. The van der Waals surface area contributed by atoms with Crippen molar-refractivity contribution in [2.24, 2.45) is 0 Å². The van der Waals surface area contributed by atoms with E-state index in [0.717, 1.165) is 31.4 Å². The van der Waals surface area contributed by atoms with E-state index in [1.165, 1.54) is 40.0 Å². The Bertz CT molecular complexity index is 1100. The van der Waals surface area contributed by atoms with Gasteiger partial charge in [0, 0.05) is 6.42 Å². The van der Waals surface area contributed by atoms with Gasteiger partial charge in [0.1, 0.15) is 10.1 Å². The van der Waals surface area contributed by atoms with Gasteiger partial charge in [0.2, 0.25) is 0 Å². The Hall–Kier alpha value is -2.73. The van der Waals surface area contributed by atoms with Crippen molar-refractivity contribution in [2.75, 3.05) is 13.6 Å². The van der Waals surface area contributed by atoms with Gasteiger partial charge in [-0.3, -0.25) is 0 Å². The third-order valence-electron chi connectivity index (χ3n) is 5.39. The lowest BCUT2D eigenvalue weighted by molar-refractivity contribution is -0.626. The maximum Gasteiger partial charge on any atom is 0.124 e. The molecule has 0 saturated carbocycles. The van der Waals surface area contributed by atoms with Crippen LogP contribution < -0.4 is 5.32 Å². The summed E-state index contributed by atoms with van der Waals surface area (Å²) in [4.78, 5) is -0.178. The summed E-state index contributed by atoms with van der Waals surface area (Å²) in [6, 6.07) is 23.5. The van der Waals surface area contributed by atoms with Crippen LogP contribution in [0.5, 0.6) is 0 Å². The molecule has 0 fully saturated rings. The monoisotopic (exact) mass is 435 g/mol. The van der Waals surface area contributed by atoms with Crippen LogP contribution in [0.25, 0.3) is 5.57 Å². The first-order valence-electron chi connectivity index (χ1n) is 10.6. The lowest BCUT2D eigenvalue weighted by atomic mass is 9.93. The van der Waals surface area contributed by atoms with E-state index in [1.807, 2.05) is 6.92 Å². The van der Waals surface area contributed by atoms with E-state index < -0.39 is 10.1 Å². The number of benzene rings is 3. The highest BCUT2D eigenvalue weighted by molar-refractivity contribution is 7.85. The Balaban J connectivity index is 0.000000210. The van der Waals surface area contributed by atoms with Gasteiger partial charge in [-0.1, -0.05) is 72.3 Å². The van der Waals surface area contributed by atoms with Gasteiger partial charge >= 0.3 is 0 Å². The minimum Gasteiger partial charge on any atom is -0.744 e. The van der Waals surface area contributed by atoms with Crippen LogP contribution in [-0.2, 0) is 23.0 Å². The molecular formula is C26H29NO3S. The van der Waals surface area contributed by atoms with Crippen LogP contribution in [0.1, 0.15) is 34.2 Å². The first kappa shape index (κ1) is 22.9. The molecule has 3 aromatic carbocycles.